The van der Waals surface area contributed by atoms with Gasteiger partial charge in [0.15, 0.2) is 0 Å². The van der Waals surface area contributed by atoms with Crippen molar-refractivity contribution in [2.45, 2.75) is 20.8 Å². The van der Waals surface area contributed by atoms with E-state index in [1.165, 1.54) is 0 Å². The van der Waals surface area contributed by atoms with Crippen molar-refractivity contribution >= 4 is 0 Å². The van der Waals surface area contributed by atoms with Gasteiger partial charge in [0.2, 0.25) is 0 Å². The summed E-state index contributed by atoms with van der Waals surface area (Å²) in [4.78, 5) is 0. The fourth-order valence-electron chi connectivity index (χ4n) is 0.395. The molecule has 0 saturated carbocycles. The average molecular weight is 130 g/mol. The maximum Gasteiger partial charge on any atom is 0.0151 e. The summed E-state index contributed by atoms with van der Waals surface area (Å²) in [5, 5.41) is 1.98. The van der Waals surface area contributed by atoms with Gasteiger partial charge in [-0.2, -0.15) is 0 Å². The van der Waals surface area contributed by atoms with Gasteiger partial charge in [0, 0.05) is 20.6 Å². The van der Waals surface area contributed by atoms with Crippen molar-refractivity contribution in [1.29, 1.82) is 0 Å². The topological polar surface area (TPSA) is 15.3 Å². The van der Waals surface area contributed by atoms with Crippen LogP contribution < -0.4 is 5.43 Å². The molecule has 0 heterocycles. The lowest BCUT2D eigenvalue weighted by Gasteiger charge is -2.21. The first-order chi connectivity index (χ1) is 3.92. The summed E-state index contributed by atoms with van der Waals surface area (Å²) in [5.74, 6) is 0. The summed E-state index contributed by atoms with van der Waals surface area (Å²) < 4.78 is 0. The highest BCUT2D eigenvalue weighted by atomic mass is 15.5. The van der Waals surface area contributed by atoms with Gasteiger partial charge in [0.25, 0.3) is 0 Å². The van der Waals surface area contributed by atoms with Crippen molar-refractivity contribution in [3.05, 3.63) is 0 Å². The standard InChI is InChI=1S/C7H18N2/c1-7(2,3)6-8-9(4)5/h8H,6H2,1-5H3. The maximum absolute atomic E-state index is 3.22. The number of hydrogen-bond acceptors (Lipinski definition) is 2. The van der Waals surface area contributed by atoms with Crippen molar-refractivity contribution < 1.29 is 0 Å². The van der Waals surface area contributed by atoms with E-state index >= 15 is 0 Å². The second-order valence-corrected chi connectivity index (χ2v) is 3.79. The van der Waals surface area contributed by atoms with Crippen molar-refractivity contribution in [3.8, 4) is 0 Å². The molecule has 0 aliphatic carbocycles. The van der Waals surface area contributed by atoms with Crippen molar-refractivity contribution in [2.75, 3.05) is 20.6 Å². The van der Waals surface area contributed by atoms with E-state index in [9.17, 15) is 0 Å². The fraction of sp³-hybridized carbons (Fsp3) is 1.00. The highest BCUT2D eigenvalue weighted by Crippen LogP contribution is 2.09. The van der Waals surface area contributed by atoms with E-state index in [4.69, 9.17) is 0 Å². The van der Waals surface area contributed by atoms with Gasteiger partial charge >= 0.3 is 0 Å². The molecule has 2 nitrogen and oxygen atoms in total. The lowest BCUT2D eigenvalue weighted by Crippen LogP contribution is -2.36. The second kappa shape index (κ2) is 3.18. The molecule has 0 aromatic carbocycles. The molecule has 9 heavy (non-hydrogen) atoms. The Morgan fingerprint density at radius 3 is 1.78 bits per heavy atom. The molecule has 0 atom stereocenters. The van der Waals surface area contributed by atoms with E-state index in [1.807, 2.05) is 19.1 Å². The molecule has 0 rings (SSSR count). The molecule has 0 radical (unpaired) electrons. The van der Waals surface area contributed by atoms with Crippen molar-refractivity contribution in [1.82, 2.24) is 10.4 Å². The first-order valence-corrected chi connectivity index (χ1v) is 3.33. The predicted octanol–water partition coefficient (Wildman–Crippen LogP) is 1.10. The zero-order chi connectivity index (χ0) is 7.49. The molecule has 0 unspecified atom stereocenters. The molecule has 2 heteroatoms. The Balaban J connectivity index is 3.28. The first-order valence-electron chi connectivity index (χ1n) is 3.33. The second-order valence-electron chi connectivity index (χ2n) is 3.79. The molecule has 0 bridgehead atoms. The van der Waals surface area contributed by atoms with Crippen LogP contribution in [0.15, 0.2) is 0 Å². The molecule has 0 amide bonds. The third kappa shape index (κ3) is 7.92. The maximum atomic E-state index is 3.22. The van der Waals surface area contributed by atoms with Crippen LogP contribution in [0.4, 0.5) is 0 Å². The molecule has 0 spiro atoms. The molecular weight excluding hydrogens is 112 g/mol. The van der Waals surface area contributed by atoms with E-state index in [2.05, 4.69) is 26.2 Å². The van der Waals surface area contributed by atoms with Gasteiger partial charge in [0.05, 0.1) is 0 Å². The third-order valence-electron chi connectivity index (χ3n) is 0.926. The Labute approximate surface area is 58.2 Å². The summed E-state index contributed by atoms with van der Waals surface area (Å²) in [6.07, 6.45) is 0. The molecule has 0 aliphatic rings. The number of hydrogen-bond donors (Lipinski definition) is 1. The van der Waals surface area contributed by atoms with Crippen LogP contribution >= 0.6 is 0 Å². The molecular formula is C7H18N2. The normalized spacial score (nSPS) is 12.7. The smallest absolute Gasteiger partial charge is 0.0151 e. The largest absolute Gasteiger partial charge is 0.255 e. The Morgan fingerprint density at radius 2 is 1.67 bits per heavy atom. The Kier molecular flexibility index (Phi) is 3.15. The Hall–Kier alpha value is -0.0800. The zero-order valence-electron chi connectivity index (χ0n) is 7.15. The Bertz CT molecular complexity index is 71.5. The number of nitrogens with zero attached hydrogens (tertiary/aromatic N) is 1. The van der Waals surface area contributed by atoms with Crippen molar-refractivity contribution in [3.63, 3.8) is 0 Å². The van der Waals surface area contributed by atoms with Crippen LogP contribution in [0.1, 0.15) is 20.8 Å². The summed E-state index contributed by atoms with van der Waals surface area (Å²) in [5.41, 5.74) is 3.60. The minimum Gasteiger partial charge on any atom is -0.255 e. The molecule has 0 aromatic heterocycles. The van der Waals surface area contributed by atoms with E-state index in [-0.39, 0.29) is 0 Å². The quantitative estimate of drug-likeness (QED) is 0.563. The van der Waals surface area contributed by atoms with Gasteiger partial charge in [0.1, 0.15) is 0 Å². The molecule has 1 N–H and O–H groups in total. The summed E-state index contributed by atoms with van der Waals surface area (Å²) >= 11 is 0. The van der Waals surface area contributed by atoms with Gasteiger partial charge in [-0.25, -0.2) is 0 Å². The lowest BCUT2D eigenvalue weighted by molar-refractivity contribution is 0.231. The van der Waals surface area contributed by atoms with Gasteiger partial charge in [-0.1, -0.05) is 20.8 Å². The van der Waals surface area contributed by atoms with Crippen LogP contribution in [0.2, 0.25) is 0 Å². The molecule has 56 valence electrons. The summed E-state index contributed by atoms with van der Waals surface area (Å²) in [7, 11) is 4.01. The molecule has 0 fully saturated rings. The third-order valence-corrected chi connectivity index (χ3v) is 0.926. The highest BCUT2D eigenvalue weighted by molar-refractivity contribution is 4.62. The zero-order valence-corrected chi connectivity index (χ0v) is 7.15. The predicted molar refractivity (Wildman–Crippen MR) is 41.1 cm³/mol. The first kappa shape index (κ1) is 8.92. The number of nitrogens with one attached hydrogen (secondary N) is 1. The molecule has 0 aliphatic heterocycles. The molecule has 0 aromatic rings. The van der Waals surface area contributed by atoms with Crippen LogP contribution in [0.3, 0.4) is 0 Å². The van der Waals surface area contributed by atoms with E-state index in [0.29, 0.717) is 5.41 Å². The van der Waals surface area contributed by atoms with Crippen LogP contribution in [-0.4, -0.2) is 25.6 Å². The molecule has 0 saturated heterocycles. The van der Waals surface area contributed by atoms with Gasteiger partial charge < -0.3 is 0 Å². The average Bonchev–Trinajstić information content (AvgIpc) is 1.59. The Morgan fingerprint density at radius 1 is 1.22 bits per heavy atom. The van der Waals surface area contributed by atoms with Crippen LogP contribution in [0.25, 0.3) is 0 Å². The fourth-order valence-corrected chi connectivity index (χ4v) is 0.395. The van der Waals surface area contributed by atoms with Gasteiger partial charge in [-0.05, 0) is 5.41 Å². The van der Waals surface area contributed by atoms with Gasteiger partial charge in [-0.3, -0.25) is 10.4 Å². The van der Waals surface area contributed by atoms with E-state index < -0.39 is 0 Å². The minimum absolute atomic E-state index is 0.379. The number of rotatable bonds is 2. The van der Waals surface area contributed by atoms with E-state index in [1.54, 1.807) is 0 Å². The van der Waals surface area contributed by atoms with Crippen molar-refractivity contribution in [2.24, 2.45) is 5.41 Å². The summed E-state index contributed by atoms with van der Waals surface area (Å²) in [6.45, 7) is 7.66. The highest BCUT2D eigenvalue weighted by Gasteiger charge is 2.08. The minimum atomic E-state index is 0.379. The monoisotopic (exact) mass is 130 g/mol. The van der Waals surface area contributed by atoms with Gasteiger partial charge in [-0.15, -0.1) is 0 Å². The lowest BCUT2D eigenvalue weighted by atomic mass is 9.97. The van der Waals surface area contributed by atoms with Crippen LogP contribution in [0.5, 0.6) is 0 Å². The van der Waals surface area contributed by atoms with E-state index in [0.717, 1.165) is 6.54 Å². The van der Waals surface area contributed by atoms with Crippen LogP contribution in [-0.2, 0) is 0 Å². The SMILES string of the molecule is CN(C)NCC(C)(C)C. The number of hydrazine groups is 1. The summed E-state index contributed by atoms with van der Waals surface area (Å²) in [6, 6.07) is 0. The van der Waals surface area contributed by atoms with Crippen LogP contribution in [0, 0.1) is 5.41 Å².